The van der Waals surface area contributed by atoms with Crippen LogP contribution >= 0.6 is 11.8 Å². The van der Waals surface area contributed by atoms with Gasteiger partial charge in [0.2, 0.25) is 11.8 Å². The molecule has 0 amide bonds. The van der Waals surface area contributed by atoms with Crippen LogP contribution in [0.4, 0.5) is 39.5 Å². The minimum Gasteiger partial charge on any atom is -0.480 e. The van der Waals surface area contributed by atoms with E-state index in [2.05, 4.69) is 9.84 Å². The SMILES string of the molecule is COc1cc(OCC(F)(F)C(F)(F)F)n(-c2cc(SCC(F)(F)F)c(C)cc2F)n1. The Morgan fingerprint density at radius 2 is 1.67 bits per heavy atom. The van der Waals surface area contributed by atoms with E-state index in [4.69, 9.17) is 4.74 Å². The van der Waals surface area contributed by atoms with Crippen LogP contribution in [0.15, 0.2) is 23.1 Å². The van der Waals surface area contributed by atoms with Gasteiger partial charge in [-0.15, -0.1) is 16.9 Å². The first kappa shape index (κ1) is 24.0. The molecule has 14 heteroatoms. The molecule has 30 heavy (non-hydrogen) atoms. The van der Waals surface area contributed by atoms with E-state index in [0.717, 1.165) is 25.3 Å². The van der Waals surface area contributed by atoms with Gasteiger partial charge in [0.25, 0.3) is 0 Å². The van der Waals surface area contributed by atoms with Crippen molar-refractivity contribution in [1.29, 1.82) is 0 Å². The Balaban J connectivity index is 2.42. The quantitative estimate of drug-likeness (QED) is 0.394. The predicted octanol–water partition coefficient (Wildman–Crippen LogP) is 5.56. The first-order valence-corrected chi connectivity index (χ1v) is 8.84. The smallest absolute Gasteiger partial charge is 0.456 e. The minimum absolute atomic E-state index is 0.00948. The van der Waals surface area contributed by atoms with Crippen molar-refractivity contribution in [3.05, 3.63) is 29.6 Å². The van der Waals surface area contributed by atoms with Crippen molar-refractivity contribution in [2.45, 2.75) is 30.1 Å². The molecule has 168 valence electrons. The maximum atomic E-state index is 14.4. The van der Waals surface area contributed by atoms with Crippen molar-refractivity contribution in [1.82, 2.24) is 9.78 Å². The average Bonchev–Trinajstić information content (AvgIpc) is 3.00. The van der Waals surface area contributed by atoms with Crippen LogP contribution in [0.5, 0.6) is 11.8 Å². The van der Waals surface area contributed by atoms with Crippen molar-refractivity contribution in [2.75, 3.05) is 19.5 Å². The van der Waals surface area contributed by atoms with E-state index in [1.165, 1.54) is 6.92 Å². The molecule has 0 aliphatic heterocycles. The summed E-state index contributed by atoms with van der Waals surface area (Å²) in [5.41, 5.74) is -0.380. The van der Waals surface area contributed by atoms with Crippen molar-refractivity contribution in [3.63, 3.8) is 0 Å². The fraction of sp³-hybridized carbons (Fsp3) is 0.438. The Hall–Kier alpha value is -2.25. The molecule has 0 aliphatic rings. The van der Waals surface area contributed by atoms with Crippen molar-refractivity contribution in [2.24, 2.45) is 0 Å². The number of nitrogens with zero attached hydrogens (tertiary/aromatic N) is 2. The molecule has 2 rings (SSSR count). The van der Waals surface area contributed by atoms with Crippen LogP contribution < -0.4 is 9.47 Å². The third-order valence-electron chi connectivity index (χ3n) is 3.54. The number of aryl methyl sites for hydroxylation is 1. The largest absolute Gasteiger partial charge is 0.480 e. The van der Waals surface area contributed by atoms with E-state index in [1.54, 1.807) is 0 Å². The van der Waals surface area contributed by atoms with Crippen LogP contribution in [0.1, 0.15) is 5.56 Å². The van der Waals surface area contributed by atoms with Gasteiger partial charge in [-0.3, -0.25) is 0 Å². The number of benzene rings is 1. The number of ether oxygens (including phenoxy) is 2. The zero-order valence-electron chi connectivity index (χ0n) is 15.2. The number of hydrogen-bond donors (Lipinski definition) is 0. The predicted molar refractivity (Wildman–Crippen MR) is 88.1 cm³/mol. The summed E-state index contributed by atoms with van der Waals surface area (Å²) in [5.74, 6) is -8.57. The van der Waals surface area contributed by atoms with Gasteiger partial charge in [0.15, 0.2) is 6.61 Å². The zero-order valence-corrected chi connectivity index (χ0v) is 16.0. The Bertz CT molecular complexity index is 894. The second-order valence-electron chi connectivity index (χ2n) is 5.90. The molecule has 0 aliphatic carbocycles. The number of halogens is 9. The van der Waals surface area contributed by atoms with Gasteiger partial charge < -0.3 is 9.47 Å². The Morgan fingerprint density at radius 1 is 1.03 bits per heavy atom. The van der Waals surface area contributed by atoms with Crippen molar-refractivity contribution >= 4 is 11.8 Å². The monoisotopic (exact) mass is 468 g/mol. The number of rotatable bonds is 7. The molecule has 0 unspecified atom stereocenters. The van der Waals surface area contributed by atoms with Crippen LogP contribution in [0.2, 0.25) is 0 Å². The molecule has 2 aromatic rings. The topological polar surface area (TPSA) is 36.3 Å². The molecule has 0 radical (unpaired) electrons. The highest BCUT2D eigenvalue weighted by atomic mass is 32.2. The molecule has 0 spiro atoms. The van der Waals surface area contributed by atoms with Crippen molar-refractivity contribution in [3.8, 4) is 17.4 Å². The summed E-state index contributed by atoms with van der Waals surface area (Å²) in [6.45, 7) is -0.787. The van der Waals surface area contributed by atoms with E-state index < -0.39 is 48.0 Å². The third kappa shape index (κ3) is 5.67. The molecule has 0 bridgehead atoms. The molecular weight excluding hydrogens is 455 g/mol. The second kappa shape index (κ2) is 8.47. The van der Waals surface area contributed by atoms with Gasteiger partial charge in [0, 0.05) is 4.90 Å². The van der Waals surface area contributed by atoms with Crippen LogP contribution in [-0.2, 0) is 0 Å². The molecule has 0 fully saturated rings. The maximum Gasteiger partial charge on any atom is 0.456 e. The molecule has 4 nitrogen and oxygen atoms in total. The van der Waals surface area contributed by atoms with Gasteiger partial charge in [-0.25, -0.2) is 4.39 Å². The van der Waals surface area contributed by atoms with Crippen LogP contribution in [-0.4, -0.2) is 47.5 Å². The summed E-state index contributed by atoms with van der Waals surface area (Å²) in [6, 6.07) is 2.65. The number of hydrogen-bond acceptors (Lipinski definition) is 4. The molecular formula is C16H13F9N2O2S. The number of aromatic nitrogens is 2. The number of thioether (sulfide) groups is 1. The molecule has 0 saturated heterocycles. The Labute approximate surface area is 167 Å². The van der Waals surface area contributed by atoms with Gasteiger partial charge in [0.05, 0.1) is 18.9 Å². The first-order chi connectivity index (χ1) is 13.6. The van der Waals surface area contributed by atoms with Gasteiger partial charge in [0.1, 0.15) is 11.5 Å². The molecule has 0 atom stereocenters. The third-order valence-corrected chi connectivity index (χ3v) is 4.77. The molecule has 1 aromatic carbocycles. The highest BCUT2D eigenvalue weighted by Gasteiger charge is 2.58. The van der Waals surface area contributed by atoms with Crippen LogP contribution in [0, 0.1) is 12.7 Å². The minimum atomic E-state index is -5.89. The number of alkyl halides is 8. The van der Waals surface area contributed by atoms with Crippen LogP contribution in [0.25, 0.3) is 5.69 Å². The standard InChI is InChI=1S/C16H13F9N2O2S/c1-8-3-9(17)10(4-11(8)30-7-15(20,21)22)27-13(5-12(26-27)28-2)29-6-14(18,19)16(23,24)25/h3-5H,6-7H2,1-2H3. The molecule has 0 saturated carbocycles. The summed E-state index contributed by atoms with van der Waals surface area (Å²) < 4.78 is 125. The van der Waals surface area contributed by atoms with Gasteiger partial charge >= 0.3 is 18.3 Å². The molecule has 0 N–H and O–H groups in total. The fourth-order valence-electron chi connectivity index (χ4n) is 2.08. The fourth-order valence-corrected chi connectivity index (χ4v) is 2.89. The van der Waals surface area contributed by atoms with Gasteiger partial charge in [-0.2, -0.15) is 39.8 Å². The van der Waals surface area contributed by atoms with Gasteiger partial charge in [-0.1, -0.05) is 0 Å². The normalized spacial score (nSPS) is 12.9. The summed E-state index contributed by atoms with van der Waals surface area (Å²) in [4.78, 5) is -0.00948. The van der Waals surface area contributed by atoms with Crippen molar-refractivity contribution < 1.29 is 49.0 Å². The average molecular weight is 468 g/mol. The Kier molecular flexibility index (Phi) is 6.79. The highest BCUT2D eigenvalue weighted by Crippen LogP contribution is 2.37. The molecule has 1 heterocycles. The summed E-state index contributed by atoms with van der Waals surface area (Å²) in [5, 5.41) is 3.67. The lowest BCUT2D eigenvalue weighted by Gasteiger charge is -2.20. The summed E-state index contributed by atoms with van der Waals surface area (Å²) in [6.07, 6.45) is -10.4. The summed E-state index contributed by atoms with van der Waals surface area (Å²) in [7, 11) is 1.09. The maximum absolute atomic E-state index is 14.4. The molecule has 1 aromatic heterocycles. The lowest BCUT2D eigenvalue weighted by atomic mass is 10.2. The highest BCUT2D eigenvalue weighted by molar-refractivity contribution is 7.99. The van der Waals surface area contributed by atoms with E-state index in [9.17, 15) is 39.5 Å². The lowest BCUT2D eigenvalue weighted by Crippen LogP contribution is -2.42. The lowest BCUT2D eigenvalue weighted by molar-refractivity contribution is -0.290. The summed E-state index contributed by atoms with van der Waals surface area (Å²) >= 11 is 0.337. The van der Waals surface area contributed by atoms with Crippen LogP contribution in [0.3, 0.4) is 0 Å². The first-order valence-electron chi connectivity index (χ1n) is 7.86. The van der Waals surface area contributed by atoms with E-state index >= 15 is 0 Å². The second-order valence-corrected chi connectivity index (χ2v) is 6.92. The Morgan fingerprint density at radius 3 is 2.20 bits per heavy atom. The van der Waals surface area contributed by atoms with E-state index in [1.807, 2.05) is 0 Å². The number of methoxy groups -OCH3 is 1. The van der Waals surface area contributed by atoms with E-state index in [0.29, 0.717) is 16.4 Å². The zero-order chi connectivity index (χ0) is 22.9. The van der Waals surface area contributed by atoms with Gasteiger partial charge in [-0.05, 0) is 24.6 Å². The van der Waals surface area contributed by atoms with E-state index in [-0.39, 0.29) is 16.3 Å².